The van der Waals surface area contributed by atoms with Crippen molar-refractivity contribution in [1.29, 1.82) is 0 Å². The molecule has 108 valence electrons. The van der Waals surface area contributed by atoms with Crippen LogP contribution in [-0.4, -0.2) is 47.3 Å². The molecule has 6 heteroatoms. The Kier molecular flexibility index (Phi) is 2.86. The van der Waals surface area contributed by atoms with Crippen molar-refractivity contribution in [3.63, 3.8) is 0 Å². The van der Waals surface area contributed by atoms with E-state index in [1.807, 2.05) is 13.0 Å². The van der Waals surface area contributed by atoms with E-state index in [1.54, 1.807) is 6.08 Å². The molecule has 0 aromatic rings. The molecule has 3 aliphatic rings. The number of carbonyl (C=O) groups is 2. The molecule has 2 bridgehead atoms. The maximum atomic E-state index is 12.7. The van der Waals surface area contributed by atoms with Gasteiger partial charge in [0.05, 0.1) is 18.9 Å². The van der Waals surface area contributed by atoms with E-state index in [0.717, 1.165) is 5.06 Å². The van der Waals surface area contributed by atoms with Crippen LogP contribution in [0.25, 0.3) is 0 Å². The second kappa shape index (κ2) is 4.25. The molecule has 2 aliphatic heterocycles. The number of aliphatic hydroxyl groups is 1. The van der Waals surface area contributed by atoms with E-state index in [9.17, 15) is 14.7 Å². The summed E-state index contributed by atoms with van der Waals surface area (Å²) in [6, 6.07) is 0. The van der Waals surface area contributed by atoms with E-state index >= 15 is 0 Å². The van der Waals surface area contributed by atoms with Gasteiger partial charge in [-0.15, -0.1) is 0 Å². The average Bonchev–Trinajstić information content (AvgIpc) is 2.78. The number of hydrogen-bond donors (Lipinski definition) is 1. The molecule has 1 spiro atoms. The molecule has 1 N–H and O–H groups in total. The third-order valence-electron chi connectivity index (χ3n) is 4.56. The van der Waals surface area contributed by atoms with E-state index in [-0.39, 0.29) is 18.1 Å². The van der Waals surface area contributed by atoms with Crippen molar-refractivity contribution in [3.05, 3.63) is 24.4 Å². The summed E-state index contributed by atoms with van der Waals surface area (Å²) in [7, 11) is 1.35. The number of fused-ring (bicyclic) bond motifs is 1. The molecule has 6 nitrogen and oxygen atoms in total. The van der Waals surface area contributed by atoms with Gasteiger partial charge in [-0.1, -0.05) is 18.7 Å². The minimum absolute atomic E-state index is 0.113. The number of ether oxygens (including phenoxy) is 1. The summed E-state index contributed by atoms with van der Waals surface area (Å²) in [6.45, 7) is 5.65. The lowest BCUT2D eigenvalue weighted by Gasteiger charge is -2.38. The van der Waals surface area contributed by atoms with Crippen LogP contribution in [0.1, 0.15) is 13.3 Å². The number of hydrogen-bond acceptors (Lipinski definition) is 5. The Morgan fingerprint density at radius 1 is 1.55 bits per heavy atom. The maximum Gasteiger partial charge on any atom is 0.263 e. The number of hydroxylamine groups is 2. The van der Waals surface area contributed by atoms with Crippen LogP contribution in [0.15, 0.2) is 24.4 Å². The largest absolute Gasteiger partial charge is 0.384 e. The van der Waals surface area contributed by atoms with Gasteiger partial charge in [0.1, 0.15) is 17.6 Å². The summed E-state index contributed by atoms with van der Waals surface area (Å²) < 4.78 is 5.85. The monoisotopic (exact) mass is 279 g/mol. The predicted octanol–water partition coefficient (Wildman–Crippen LogP) is 0.183. The average molecular weight is 279 g/mol. The van der Waals surface area contributed by atoms with Crippen molar-refractivity contribution in [2.24, 2.45) is 11.3 Å². The van der Waals surface area contributed by atoms with Gasteiger partial charge in [-0.2, -0.15) is 5.06 Å². The molecule has 1 amide bonds. The molecule has 0 aromatic heterocycles. The number of nitrogens with zero attached hydrogens (tertiary/aromatic N) is 1. The molecule has 5 atom stereocenters. The Morgan fingerprint density at radius 3 is 2.85 bits per heavy atom. The summed E-state index contributed by atoms with van der Waals surface area (Å²) in [4.78, 5) is 29.7. The molecule has 0 aromatic carbocycles. The molecule has 20 heavy (non-hydrogen) atoms. The smallest absolute Gasteiger partial charge is 0.263 e. The van der Waals surface area contributed by atoms with Crippen molar-refractivity contribution in [2.45, 2.75) is 31.7 Å². The molecular weight excluding hydrogens is 262 g/mol. The van der Waals surface area contributed by atoms with E-state index in [4.69, 9.17) is 9.57 Å². The first-order valence-corrected chi connectivity index (χ1v) is 6.56. The first kappa shape index (κ1) is 13.5. The summed E-state index contributed by atoms with van der Waals surface area (Å²) in [5.41, 5.74) is -0.997. The lowest BCUT2D eigenvalue weighted by molar-refractivity contribution is -0.178. The number of rotatable bonds is 2. The Balaban J connectivity index is 2.18. The first-order valence-electron chi connectivity index (χ1n) is 6.56. The lowest BCUT2D eigenvalue weighted by Crippen LogP contribution is -2.57. The first-order chi connectivity index (χ1) is 9.49. The van der Waals surface area contributed by atoms with Gasteiger partial charge in [-0.05, 0) is 6.92 Å². The number of amides is 1. The zero-order chi connectivity index (χ0) is 14.7. The standard InChI is InChI=1S/C14H17NO5/c1-4-5-8-10-6-9(16)11(17)14(8)12(20-10)7(2)15(19-3)13(14)18/h4-5,8,10-12,17H,2,6H2,1,3H3/b5-4+/t8-,10-,11-,12-,14+/m1/s1. The van der Waals surface area contributed by atoms with Gasteiger partial charge < -0.3 is 9.84 Å². The van der Waals surface area contributed by atoms with Crippen LogP contribution in [0.4, 0.5) is 0 Å². The molecule has 2 heterocycles. The van der Waals surface area contributed by atoms with Crippen LogP contribution in [0.3, 0.4) is 0 Å². The number of Topliss-reactive ketones (excluding diaryl/α,β-unsaturated/α-hetero) is 1. The van der Waals surface area contributed by atoms with Crippen molar-refractivity contribution in [1.82, 2.24) is 5.06 Å². The summed E-state index contributed by atoms with van der Waals surface area (Å²) >= 11 is 0. The highest BCUT2D eigenvalue weighted by Crippen LogP contribution is 2.58. The second-order valence-corrected chi connectivity index (χ2v) is 5.39. The van der Waals surface area contributed by atoms with E-state index in [2.05, 4.69) is 6.58 Å². The zero-order valence-corrected chi connectivity index (χ0v) is 11.4. The highest BCUT2D eigenvalue weighted by molar-refractivity contribution is 5.99. The van der Waals surface area contributed by atoms with Crippen molar-refractivity contribution >= 4 is 11.7 Å². The van der Waals surface area contributed by atoms with Gasteiger partial charge in [0.25, 0.3) is 5.91 Å². The topological polar surface area (TPSA) is 76.1 Å². The summed E-state index contributed by atoms with van der Waals surface area (Å²) in [5, 5.41) is 11.4. The van der Waals surface area contributed by atoms with Crippen molar-refractivity contribution < 1.29 is 24.3 Å². The third kappa shape index (κ3) is 1.29. The predicted molar refractivity (Wildman–Crippen MR) is 68.0 cm³/mol. The fourth-order valence-corrected chi connectivity index (χ4v) is 3.76. The van der Waals surface area contributed by atoms with Crippen LogP contribution in [0.2, 0.25) is 0 Å². The molecular formula is C14H17NO5. The second-order valence-electron chi connectivity index (χ2n) is 5.39. The van der Waals surface area contributed by atoms with Crippen molar-refractivity contribution in [3.8, 4) is 0 Å². The highest BCUT2D eigenvalue weighted by Gasteiger charge is 2.74. The van der Waals surface area contributed by atoms with Gasteiger partial charge in [-0.25, -0.2) is 0 Å². The van der Waals surface area contributed by atoms with Gasteiger partial charge in [-0.3, -0.25) is 14.4 Å². The minimum Gasteiger partial charge on any atom is -0.384 e. The third-order valence-corrected chi connectivity index (χ3v) is 4.56. The SMILES string of the molecule is C=C1[C@H]2O[C@@H]3CC(=O)[C@@H](O)[C@@]2(C(=O)N1OC)[C@@H]3/C=C/C. The van der Waals surface area contributed by atoms with Gasteiger partial charge in [0.2, 0.25) is 0 Å². The Hall–Kier alpha value is -1.50. The quantitative estimate of drug-likeness (QED) is 0.730. The highest BCUT2D eigenvalue weighted by atomic mass is 16.7. The summed E-state index contributed by atoms with van der Waals surface area (Å²) in [6.07, 6.45) is 1.23. The van der Waals surface area contributed by atoms with Crippen molar-refractivity contribution in [2.75, 3.05) is 7.11 Å². The van der Waals surface area contributed by atoms with Gasteiger partial charge >= 0.3 is 0 Å². The van der Waals surface area contributed by atoms with Crippen LogP contribution in [-0.2, 0) is 19.2 Å². The Bertz CT molecular complexity index is 528. The lowest BCUT2D eigenvalue weighted by atomic mass is 9.62. The minimum atomic E-state index is -1.39. The number of aliphatic hydroxyl groups excluding tert-OH is 1. The van der Waals surface area contributed by atoms with Gasteiger partial charge in [0.15, 0.2) is 5.78 Å². The maximum absolute atomic E-state index is 12.7. The zero-order valence-electron chi connectivity index (χ0n) is 11.4. The Morgan fingerprint density at radius 2 is 2.25 bits per heavy atom. The number of allylic oxidation sites excluding steroid dienone is 1. The van der Waals surface area contributed by atoms with Gasteiger partial charge in [0, 0.05) is 12.3 Å². The normalized spacial score (nSPS) is 43.8. The van der Waals surface area contributed by atoms with E-state index in [1.165, 1.54) is 7.11 Å². The molecule has 2 saturated heterocycles. The molecule has 0 radical (unpaired) electrons. The fourth-order valence-electron chi connectivity index (χ4n) is 3.76. The fraction of sp³-hybridized carbons (Fsp3) is 0.571. The van der Waals surface area contributed by atoms with E-state index in [0.29, 0.717) is 5.70 Å². The van der Waals surface area contributed by atoms with Crippen LogP contribution >= 0.6 is 0 Å². The molecule has 1 aliphatic carbocycles. The van der Waals surface area contributed by atoms with Crippen LogP contribution in [0, 0.1) is 11.3 Å². The molecule has 1 saturated carbocycles. The number of carbonyl (C=O) groups excluding carboxylic acids is 2. The number of ketones is 1. The molecule has 3 rings (SSSR count). The van der Waals surface area contributed by atoms with Crippen LogP contribution < -0.4 is 0 Å². The molecule has 3 fully saturated rings. The molecule has 0 unspecified atom stereocenters. The Labute approximate surface area is 116 Å². The summed E-state index contributed by atoms with van der Waals surface area (Å²) in [5.74, 6) is -1.17. The van der Waals surface area contributed by atoms with E-state index < -0.39 is 29.6 Å². The van der Waals surface area contributed by atoms with Crippen LogP contribution in [0.5, 0.6) is 0 Å².